The van der Waals surface area contributed by atoms with E-state index in [4.69, 9.17) is 5.26 Å². The fraction of sp³-hybridized carbons (Fsp3) is 0.867. The second kappa shape index (κ2) is 7.49. The lowest BCUT2D eigenvalue weighted by Gasteiger charge is -2.33. The third-order valence-electron chi connectivity index (χ3n) is 4.37. The van der Waals surface area contributed by atoms with E-state index in [1.54, 1.807) is 0 Å². The molecule has 1 amide bonds. The van der Waals surface area contributed by atoms with Gasteiger partial charge in [-0.05, 0) is 32.2 Å². The van der Waals surface area contributed by atoms with Crippen LogP contribution in [-0.4, -0.2) is 36.5 Å². The lowest BCUT2D eigenvalue weighted by molar-refractivity contribution is -0.127. The number of carbonyl (C=O) groups excluding carboxylic acids is 1. The fourth-order valence-electron chi connectivity index (χ4n) is 3.25. The maximum Gasteiger partial charge on any atom is 0.224 e. The molecule has 4 nitrogen and oxygen atoms in total. The summed E-state index contributed by atoms with van der Waals surface area (Å²) < 4.78 is 0. The van der Waals surface area contributed by atoms with Crippen LogP contribution in [0.2, 0.25) is 0 Å². The van der Waals surface area contributed by atoms with E-state index < -0.39 is 0 Å². The van der Waals surface area contributed by atoms with Crippen molar-refractivity contribution in [2.75, 3.05) is 19.6 Å². The molecule has 1 aliphatic heterocycles. The SMILES string of the molecule is N#CCCN1CCC[C@@H](C(=O)NC2CCCCC2)C1. The number of hydrogen-bond donors (Lipinski definition) is 1. The maximum atomic E-state index is 12.3. The molecule has 0 radical (unpaired) electrons. The molecule has 0 unspecified atom stereocenters. The van der Waals surface area contributed by atoms with Crippen LogP contribution in [0, 0.1) is 17.2 Å². The number of nitrogens with zero attached hydrogens (tertiary/aromatic N) is 2. The van der Waals surface area contributed by atoms with Crippen LogP contribution in [0.1, 0.15) is 51.4 Å². The molecule has 1 atom stereocenters. The Morgan fingerprint density at radius 3 is 2.74 bits per heavy atom. The van der Waals surface area contributed by atoms with Gasteiger partial charge in [-0.1, -0.05) is 19.3 Å². The summed E-state index contributed by atoms with van der Waals surface area (Å²) in [5, 5.41) is 11.9. The predicted molar refractivity (Wildman–Crippen MR) is 74.4 cm³/mol. The van der Waals surface area contributed by atoms with Crippen molar-refractivity contribution in [1.29, 1.82) is 5.26 Å². The zero-order chi connectivity index (χ0) is 13.5. The number of likely N-dealkylation sites (tertiary alicyclic amines) is 1. The predicted octanol–water partition coefficient (Wildman–Crippen LogP) is 2.06. The molecule has 0 aromatic rings. The van der Waals surface area contributed by atoms with Gasteiger partial charge >= 0.3 is 0 Å². The van der Waals surface area contributed by atoms with Gasteiger partial charge in [0.25, 0.3) is 0 Å². The quantitative estimate of drug-likeness (QED) is 0.844. The van der Waals surface area contributed by atoms with Gasteiger partial charge in [-0.3, -0.25) is 4.79 Å². The summed E-state index contributed by atoms with van der Waals surface area (Å²) >= 11 is 0. The summed E-state index contributed by atoms with van der Waals surface area (Å²) in [6.07, 6.45) is 8.77. The summed E-state index contributed by atoms with van der Waals surface area (Å²) in [5.74, 6) is 0.378. The first kappa shape index (κ1) is 14.3. The third kappa shape index (κ3) is 4.50. The Kier molecular flexibility index (Phi) is 5.65. The highest BCUT2D eigenvalue weighted by molar-refractivity contribution is 5.79. The number of carbonyl (C=O) groups is 1. The highest BCUT2D eigenvalue weighted by atomic mass is 16.2. The Morgan fingerprint density at radius 1 is 1.21 bits per heavy atom. The molecule has 19 heavy (non-hydrogen) atoms. The minimum absolute atomic E-state index is 0.134. The second-order valence-corrected chi connectivity index (χ2v) is 5.89. The van der Waals surface area contributed by atoms with Gasteiger partial charge < -0.3 is 10.2 Å². The van der Waals surface area contributed by atoms with Gasteiger partial charge in [0.15, 0.2) is 0 Å². The molecule has 1 saturated carbocycles. The Morgan fingerprint density at radius 2 is 2.00 bits per heavy atom. The molecule has 4 heteroatoms. The Bertz CT molecular complexity index is 331. The molecule has 0 aromatic carbocycles. The van der Waals surface area contributed by atoms with Crippen molar-refractivity contribution in [3.05, 3.63) is 0 Å². The molecule has 0 spiro atoms. The van der Waals surface area contributed by atoms with Gasteiger partial charge in [-0.25, -0.2) is 0 Å². The van der Waals surface area contributed by atoms with E-state index in [0.717, 1.165) is 45.3 Å². The normalized spacial score (nSPS) is 25.7. The summed E-state index contributed by atoms with van der Waals surface area (Å²) in [6, 6.07) is 2.60. The smallest absolute Gasteiger partial charge is 0.224 e. The van der Waals surface area contributed by atoms with Gasteiger partial charge in [0, 0.05) is 25.6 Å². The molecule has 0 bridgehead atoms. The van der Waals surface area contributed by atoms with Crippen molar-refractivity contribution >= 4 is 5.91 Å². The molecular weight excluding hydrogens is 238 g/mol. The molecule has 1 N–H and O–H groups in total. The maximum absolute atomic E-state index is 12.3. The van der Waals surface area contributed by atoms with Gasteiger partial charge in [-0.2, -0.15) is 5.26 Å². The lowest BCUT2D eigenvalue weighted by atomic mass is 9.93. The Labute approximate surface area is 116 Å². The Balaban J connectivity index is 1.76. The zero-order valence-corrected chi connectivity index (χ0v) is 11.7. The van der Waals surface area contributed by atoms with Crippen LogP contribution in [-0.2, 0) is 4.79 Å². The minimum Gasteiger partial charge on any atom is -0.353 e. The van der Waals surface area contributed by atoms with E-state index in [1.807, 2.05) is 0 Å². The van der Waals surface area contributed by atoms with Crippen molar-refractivity contribution in [1.82, 2.24) is 10.2 Å². The van der Waals surface area contributed by atoms with E-state index >= 15 is 0 Å². The van der Waals surface area contributed by atoms with Crippen LogP contribution in [0.15, 0.2) is 0 Å². The second-order valence-electron chi connectivity index (χ2n) is 5.89. The zero-order valence-electron chi connectivity index (χ0n) is 11.7. The molecule has 0 aromatic heterocycles. The first-order valence-electron chi connectivity index (χ1n) is 7.69. The average molecular weight is 263 g/mol. The fourth-order valence-corrected chi connectivity index (χ4v) is 3.25. The van der Waals surface area contributed by atoms with Gasteiger partial charge in [0.2, 0.25) is 5.91 Å². The van der Waals surface area contributed by atoms with Crippen LogP contribution in [0.3, 0.4) is 0 Å². The molecule has 2 rings (SSSR count). The molecule has 2 aliphatic rings. The minimum atomic E-state index is 0.134. The first-order chi connectivity index (χ1) is 9.29. The first-order valence-corrected chi connectivity index (χ1v) is 7.69. The van der Waals surface area contributed by atoms with Gasteiger partial charge in [0.05, 0.1) is 12.0 Å². The van der Waals surface area contributed by atoms with Crippen LogP contribution in [0.25, 0.3) is 0 Å². The van der Waals surface area contributed by atoms with E-state index in [1.165, 1.54) is 19.3 Å². The van der Waals surface area contributed by atoms with Crippen LogP contribution in [0.5, 0.6) is 0 Å². The summed E-state index contributed by atoms with van der Waals surface area (Å²) in [7, 11) is 0. The molecule has 1 saturated heterocycles. The number of nitrogens with one attached hydrogen (secondary N) is 1. The van der Waals surface area contributed by atoms with E-state index in [0.29, 0.717) is 12.5 Å². The van der Waals surface area contributed by atoms with Crippen molar-refractivity contribution in [3.8, 4) is 6.07 Å². The van der Waals surface area contributed by atoms with E-state index in [2.05, 4.69) is 16.3 Å². The molecular formula is C15H25N3O. The van der Waals surface area contributed by atoms with Crippen molar-refractivity contribution < 1.29 is 4.79 Å². The number of hydrogen-bond acceptors (Lipinski definition) is 3. The number of amides is 1. The molecule has 1 heterocycles. The summed E-state index contributed by atoms with van der Waals surface area (Å²) in [4.78, 5) is 14.5. The van der Waals surface area contributed by atoms with Crippen LogP contribution < -0.4 is 5.32 Å². The number of nitriles is 1. The molecule has 1 aliphatic carbocycles. The number of piperidine rings is 1. The van der Waals surface area contributed by atoms with Gasteiger partial charge in [-0.15, -0.1) is 0 Å². The standard InChI is InChI=1S/C15H25N3O/c16-9-5-11-18-10-4-6-13(12-18)15(19)17-14-7-2-1-3-8-14/h13-14H,1-8,10-12H2,(H,17,19)/t13-/m1/s1. The topological polar surface area (TPSA) is 56.1 Å². The average Bonchev–Trinajstić information content (AvgIpc) is 2.46. The molecule has 2 fully saturated rings. The number of rotatable bonds is 4. The van der Waals surface area contributed by atoms with Crippen LogP contribution >= 0.6 is 0 Å². The highest BCUT2D eigenvalue weighted by Crippen LogP contribution is 2.20. The van der Waals surface area contributed by atoms with Crippen LogP contribution in [0.4, 0.5) is 0 Å². The third-order valence-corrected chi connectivity index (χ3v) is 4.37. The van der Waals surface area contributed by atoms with E-state index in [9.17, 15) is 4.79 Å². The van der Waals surface area contributed by atoms with Crippen molar-refractivity contribution in [3.63, 3.8) is 0 Å². The summed E-state index contributed by atoms with van der Waals surface area (Å²) in [6.45, 7) is 2.68. The van der Waals surface area contributed by atoms with E-state index in [-0.39, 0.29) is 11.8 Å². The monoisotopic (exact) mass is 263 g/mol. The molecule has 106 valence electrons. The van der Waals surface area contributed by atoms with Gasteiger partial charge in [0.1, 0.15) is 0 Å². The van der Waals surface area contributed by atoms with Crippen molar-refractivity contribution in [2.45, 2.75) is 57.4 Å². The highest BCUT2D eigenvalue weighted by Gasteiger charge is 2.27. The largest absolute Gasteiger partial charge is 0.353 e. The Hall–Kier alpha value is -1.08. The van der Waals surface area contributed by atoms with Crippen molar-refractivity contribution in [2.24, 2.45) is 5.92 Å². The summed E-state index contributed by atoms with van der Waals surface area (Å²) in [5.41, 5.74) is 0. The lowest BCUT2D eigenvalue weighted by Crippen LogP contribution is -2.46.